The van der Waals surface area contributed by atoms with Gasteiger partial charge in [0.15, 0.2) is 0 Å². The lowest BCUT2D eigenvalue weighted by Gasteiger charge is -2.32. The van der Waals surface area contributed by atoms with Gasteiger partial charge in [-0.15, -0.1) is 0 Å². The van der Waals surface area contributed by atoms with E-state index in [-0.39, 0.29) is 17.4 Å². The van der Waals surface area contributed by atoms with Gasteiger partial charge >= 0.3 is 0 Å². The zero-order valence-corrected chi connectivity index (χ0v) is 20.0. The number of hydrogen-bond acceptors (Lipinski definition) is 6. The van der Waals surface area contributed by atoms with Gasteiger partial charge in [-0.2, -0.15) is 5.10 Å². The summed E-state index contributed by atoms with van der Waals surface area (Å²) in [6.07, 6.45) is 3.09. The van der Waals surface area contributed by atoms with Crippen molar-refractivity contribution >= 4 is 11.7 Å². The molecule has 1 saturated heterocycles. The van der Waals surface area contributed by atoms with E-state index in [1.54, 1.807) is 12.4 Å². The second-order valence-corrected chi connectivity index (χ2v) is 8.83. The third-order valence-corrected chi connectivity index (χ3v) is 6.47. The number of anilines is 1. The van der Waals surface area contributed by atoms with Crippen molar-refractivity contribution in [2.45, 2.75) is 19.4 Å². The van der Waals surface area contributed by atoms with Crippen molar-refractivity contribution in [2.75, 3.05) is 24.5 Å². The van der Waals surface area contributed by atoms with E-state index in [0.717, 1.165) is 54.3 Å². The Labute approximate surface area is 209 Å². The van der Waals surface area contributed by atoms with E-state index >= 15 is 0 Å². The molecular weight excluding hydrogens is 452 g/mol. The Bertz CT molecular complexity index is 1370. The van der Waals surface area contributed by atoms with Crippen LogP contribution in [0.2, 0.25) is 0 Å². The van der Waals surface area contributed by atoms with E-state index in [0.29, 0.717) is 13.1 Å². The molecule has 8 heteroatoms. The van der Waals surface area contributed by atoms with E-state index in [1.165, 1.54) is 10.7 Å². The van der Waals surface area contributed by atoms with Crippen molar-refractivity contribution < 1.29 is 4.79 Å². The van der Waals surface area contributed by atoms with Gasteiger partial charge in [-0.05, 0) is 18.9 Å². The summed E-state index contributed by atoms with van der Waals surface area (Å²) in [6.45, 7) is 2.19. The maximum atomic E-state index is 12.8. The molecule has 3 heterocycles. The quantitative estimate of drug-likeness (QED) is 0.436. The van der Waals surface area contributed by atoms with Gasteiger partial charge in [-0.3, -0.25) is 9.59 Å². The molecule has 0 radical (unpaired) electrons. The highest BCUT2D eigenvalue weighted by molar-refractivity contribution is 5.79. The summed E-state index contributed by atoms with van der Waals surface area (Å²) in [5, 5.41) is 7.45. The standard InChI is InChI=1S/C28H28N6O2/c35-27-12-11-24(21-7-3-1-4-8-21)32-34(27)18-15-29-28(36)23-13-16-33(17-14-23)26-19-25(30-20-31-26)22-9-5-2-6-10-22/h1-12,19-20,23H,13-18H2,(H,29,36). The van der Waals surface area contributed by atoms with Crippen LogP contribution >= 0.6 is 0 Å². The Balaban J connectivity index is 1.13. The molecule has 36 heavy (non-hydrogen) atoms. The van der Waals surface area contributed by atoms with Crippen LogP contribution in [0.1, 0.15) is 12.8 Å². The number of aromatic nitrogens is 4. The number of nitrogens with one attached hydrogen (secondary N) is 1. The molecule has 0 unspecified atom stereocenters. The molecule has 2 aromatic heterocycles. The Hall–Kier alpha value is -4.33. The van der Waals surface area contributed by atoms with Crippen LogP contribution in [-0.4, -0.2) is 45.3 Å². The van der Waals surface area contributed by atoms with E-state index < -0.39 is 0 Å². The smallest absolute Gasteiger partial charge is 0.266 e. The molecule has 0 spiro atoms. The molecule has 8 nitrogen and oxygen atoms in total. The lowest BCUT2D eigenvalue weighted by molar-refractivity contribution is -0.125. The van der Waals surface area contributed by atoms with Gasteiger partial charge in [-0.1, -0.05) is 60.7 Å². The highest BCUT2D eigenvalue weighted by Crippen LogP contribution is 2.25. The van der Waals surface area contributed by atoms with Crippen LogP contribution in [0.3, 0.4) is 0 Å². The van der Waals surface area contributed by atoms with Crippen molar-refractivity contribution in [3.63, 3.8) is 0 Å². The number of carbonyl (C=O) groups excluding carboxylic acids is 1. The summed E-state index contributed by atoms with van der Waals surface area (Å²) < 4.78 is 1.41. The Morgan fingerprint density at radius 2 is 1.53 bits per heavy atom. The summed E-state index contributed by atoms with van der Waals surface area (Å²) >= 11 is 0. The zero-order chi connectivity index (χ0) is 24.7. The van der Waals surface area contributed by atoms with Crippen LogP contribution < -0.4 is 15.8 Å². The van der Waals surface area contributed by atoms with Crippen molar-refractivity contribution in [3.8, 4) is 22.5 Å². The van der Waals surface area contributed by atoms with Gasteiger partial charge in [0.2, 0.25) is 5.91 Å². The predicted octanol–water partition coefficient (Wildman–Crippen LogP) is 3.40. The summed E-state index contributed by atoms with van der Waals surface area (Å²) in [5.74, 6) is 0.845. The van der Waals surface area contributed by atoms with Crippen molar-refractivity contribution in [3.05, 3.63) is 95.5 Å². The molecule has 0 saturated carbocycles. The molecular formula is C28H28N6O2. The number of carbonyl (C=O) groups is 1. The summed E-state index contributed by atoms with van der Waals surface area (Å²) in [7, 11) is 0. The molecule has 1 aliphatic heterocycles. The first-order valence-corrected chi connectivity index (χ1v) is 12.2. The SMILES string of the molecule is O=C(NCCn1nc(-c2ccccc2)ccc1=O)C1CCN(c2cc(-c3ccccc3)ncn2)CC1. The van der Waals surface area contributed by atoms with Crippen LogP contribution in [0, 0.1) is 5.92 Å². The fourth-order valence-corrected chi connectivity index (χ4v) is 4.46. The fourth-order valence-electron chi connectivity index (χ4n) is 4.46. The molecule has 182 valence electrons. The molecule has 1 fully saturated rings. The third kappa shape index (κ3) is 5.49. The van der Waals surface area contributed by atoms with E-state index in [4.69, 9.17) is 0 Å². The van der Waals surface area contributed by atoms with Crippen LogP contribution in [0.5, 0.6) is 0 Å². The summed E-state index contributed by atoms with van der Waals surface area (Å²) in [5.41, 5.74) is 3.44. The van der Waals surface area contributed by atoms with Gasteiger partial charge in [-0.25, -0.2) is 14.6 Å². The monoisotopic (exact) mass is 480 g/mol. The van der Waals surface area contributed by atoms with Gasteiger partial charge < -0.3 is 10.2 Å². The minimum absolute atomic E-state index is 0.0228. The number of amides is 1. The van der Waals surface area contributed by atoms with Gasteiger partial charge in [0.05, 0.1) is 17.9 Å². The first kappa shape index (κ1) is 23.4. The molecule has 0 aliphatic carbocycles. The third-order valence-electron chi connectivity index (χ3n) is 6.47. The highest BCUT2D eigenvalue weighted by Gasteiger charge is 2.25. The van der Waals surface area contributed by atoms with Gasteiger partial charge in [0.1, 0.15) is 12.1 Å². The van der Waals surface area contributed by atoms with Crippen LogP contribution in [0.25, 0.3) is 22.5 Å². The van der Waals surface area contributed by atoms with Gasteiger partial charge in [0, 0.05) is 48.8 Å². The largest absolute Gasteiger partial charge is 0.356 e. The number of piperidine rings is 1. The van der Waals surface area contributed by atoms with Crippen LogP contribution in [0.15, 0.2) is 90.0 Å². The van der Waals surface area contributed by atoms with Crippen molar-refractivity contribution in [2.24, 2.45) is 5.92 Å². The molecule has 2 aromatic carbocycles. The first-order valence-electron chi connectivity index (χ1n) is 12.2. The minimum atomic E-state index is -0.183. The summed E-state index contributed by atoms with van der Waals surface area (Å²) in [4.78, 5) is 36.1. The molecule has 4 aromatic rings. The average Bonchev–Trinajstić information content (AvgIpc) is 2.95. The highest BCUT2D eigenvalue weighted by atomic mass is 16.2. The molecule has 0 atom stereocenters. The van der Waals surface area contributed by atoms with Crippen molar-refractivity contribution in [1.29, 1.82) is 0 Å². The van der Waals surface area contributed by atoms with E-state index in [9.17, 15) is 9.59 Å². The lowest BCUT2D eigenvalue weighted by atomic mass is 9.96. The second-order valence-electron chi connectivity index (χ2n) is 8.83. The fraction of sp³-hybridized carbons (Fsp3) is 0.250. The number of hydrogen-bond donors (Lipinski definition) is 1. The number of benzene rings is 2. The van der Waals surface area contributed by atoms with Crippen LogP contribution in [0.4, 0.5) is 5.82 Å². The number of nitrogens with zero attached hydrogens (tertiary/aromatic N) is 5. The predicted molar refractivity (Wildman–Crippen MR) is 139 cm³/mol. The molecule has 1 amide bonds. The maximum Gasteiger partial charge on any atom is 0.266 e. The Kier molecular flexibility index (Phi) is 7.12. The first-order chi connectivity index (χ1) is 17.7. The molecule has 0 bridgehead atoms. The second kappa shape index (κ2) is 10.9. The zero-order valence-electron chi connectivity index (χ0n) is 20.0. The molecule has 5 rings (SSSR count). The molecule has 1 aliphatic rings. The van der Waals surface area contributed by atoms with Crippen molar-refractivity contribution in [1.82, 2.24) is 25.1 Å². The number of rotatable bonds is 7. The maximum absolute atomic E-state index is 12.8. The Morgan fingerprint density at radius 1 is 0.861 bits per heavy atom. The molecule has 1 N–H and O–H groups in total. The Morgan fingerprint density at radius 3 is 2.22 bits per heavy atom. The minimum Gasteiger partial charge on any atom is -0.356 e. The van der Waals surface area contributed by atoms with E-state index in [2.05, 4.69) is 25.3 Å². The van der Waals surface area contributed by atoms with E-state index in [1.807, 2.05) is 66.7 Å². The normalized spacial score (nSPS) is 13.9. The van der Waals surface area contributed by atoms with Crippen LogP contribution in [-0.2, 0) is 11.3 Å². The average molecular weight is 481 g/mol. The summed E-state index contributed by atoms with van der Waals surface area (Å²) in [6, 6.07) is 25.0. The topological polar surface area (TPSA) is 93.0 Å². The lowest BCUT2D eigenvalue weighted by Crippen LogP contribution is -2.42. The van der Waals surface area contributed by atoms with Gasteiger partial charge in [0.25, 0.3) is 5.56 Å².